The zero-order valence-corrected chi connectivity index (χ0v) is 11.1. The molecule has 1 aromatic carbocycles. The van der Waals surface area contributed by atoms with E-state index < -0.39 is 30.0 Å². The average molecular weight is 310 g/mol. The summed E-state index contributed by atoms with van der Waals surface area (Å²) in [4.78, 5) is 0. The van der Waals surface area contributed by atoms with E-state index in [0.29, 0.717) is 5.75 Å². The van der Waals surface area contributed by atoms with Crippen LogP contribution in [-0.4, -0.2) is 26.0 Å². The molecular formula is C13H11F5O3. The van der Waals surface area contributed by atoms with Gasteiger partial charge in [-0.15, -0.1) is 0 Å². The fourth-order valence-electron chi connectivity index (χ4n) is 1.80. The van der Waals surface area contributed by atoms with Gasteiger partial charge in [0.2, 0.25) is 11.7 Å². The molecule has 1 unspecified atom stereocenters. The Bertz CT molecular complexity index is 587. The maximum atomic E-state index is 13.7. The number of halogens is 5. The molecule has 1 atom stereocenters. The molecule has 0 heterocycles. The molecule has 0 fully saturated rings. The highest BCUT2D eigenvalue weighted by atomic mass is 19.3. The van der Waals surface area contributed by atoms with Crippen LogP contribution in [-0.2, 0) is 11.3 Å². The number of methoxy groups -OCH3 is 2. The lowest BCUT2D eigenvalue weighted by Gasteiger charge is -2.38. The quantitative estimate of drug-likeness (QED) is 0.776. The van der Waals surface area contributed by atoms with Crippen molar-refractivity contribution in [1.82, 2.24) is 0 Å². The first-order chi connectivity index (χ1) is 9.77. The van der Waals surface area contributed by atoms with Gasteiger partial charge in [0.15, 0.2) is 0 Å². The van der Waals surface area contributed by atoms with E-state index in [4.69, 9.17) is 9.47 Å². The van der Waals surface area contributed by atoms with E-state index in [1.807, 2.05) is 0 Å². The van der Waals surface area contributed by atoms with Gasteiger partial charge in [-0.25, -0.2) is 8.78 Å². The lowest BCUT2D eigenvalue weighted by molar-refractivity contribution is -0.288. The molecule has 8 heteroatoms. The topological polar surface area (TPSA) is 27.7 Å². The Morgan fingerprint density at radius 2 is 1.67 bits per heavy atom. The Kier molecular flexibility index (Phi) is 3.83. The Labute approximate surface area is 116 Å². The van der Waals surface area contributed by atoms with Crippen molar-refractivity contribution >= 4 is 0 Å². The summed E-state index contributed by atoms with van der Waals surface area (Å²) < 4.78 is 79.3. The van der Waals surface area contributed by atoms with Crippen LogP contribution < -0.4 is 9.47 Å². The van der Waals surface area contributed by atoms with Gasteiger partial charge in [-0.3, -0.25) is 0 Å². The van der Waals surface area contributed by atoms with Crippen LogP contribution in [0.2, 0.25) is 0 Å². The van der Waals surface area contributed by atoms with Crippen molar-refractivity contribution in [3.8, 4) is 11.5 Å². The molecule has 0 aromatic heterocycles. The lowest BCUT2D eigenvalue weighted by atomic mass is 9.95. The van der Waals surface area contributed by atoms with Crippen molar-refractivity contribution in [2.45, 2.75) is 18.4 Å². The summed E-state index contributed by atoms with van der Waals surface area (Å²) in [7, 11) is 2.70. The first kappa shape index (κ1) is 15.6. The highest BCUT2D eigenvalue weighted by Gasteiger charge is 2.74. The van der Waals surface area contributed by atoms with E-state index in [9.17, 15) is 22.0 Å². The third-order valence-corrected chi connectivity index (χ3v) is 3.08. The van der Waals surface area contributed by atoms with Crippen molar-refractivity contribution in [1.29, 1.82) is 0 Å². The molecule has 21 heavy (non-hydrogen) atoms. The Hall–Kier alpha value is -1.83. The van der Waals surface area contributed by atoms with Crippen molar-refractivity contribution < 1.29 is 36.2 Å². The number of rotatable bonds is 5. The summed E-state index contributed by atoms with van der Waals surface area (Å²) >= 11 is 0. The summed E-state index contributed by atoms with van der Waals surface area (Å²) in [5, 5.41) is 0. The molecule has 0 bridgehead atoms. The van der Waals surface area contributed by atoms with Gasteiger partial charge in [0.05, 0.1) is 20.8 Å². The van der Waals surface area contributed by atoms with Gasteiger partial charge in [0.1, 0.15) is 11.5 Å². The van der Waals surface area contributed by atoms with Crippen LogP contribution >= 0.6 is 0 Å². The molecule has 1 aliphatic carbocycles. The van der Waals surface area contributed by atoms with E-state index in [2.05, 4.69) is 4.74 Å². The summed E-state index contributed by atoms with van der Waals surface area (Å²) in [5.41, 5.74) is 0.172. The molecule has 0 saturated heterocycles. The predicted octanol–water partition coefficient (Wildman–Crippen LogP) is 3.69. The maximum Gasteiger partial charge on any atom is 0.365 e. The van der Waals surface area contributed by atoms with Crippen LogP contribution in [0, 0.1) is 0 Å². The minimum Gasteiger partial charge on any atom is -0.497 e. The van der Waals surface area contributed by atoms with Crippen LogP contribution in [0.5, 0.6) is 11.5 Å². The second-order valence-electron chi connectivity index (χ2n) is 4.26. The smallest absolute Gasteiger partial charge is 0.365 e. The van der Waals surface area contributed by atoms with Crippen LogP contribution in [0.15, 0.2) is 29.9 Å². The van der Waals surface area contributed by atoms with Crippen molar-refractivity contribution in [3.05, 3.63) is 35.4 Å². The number of hydrogen-bond donors (Lipinski definition) is 0. The van der Waals surface area contributed by atoms with Crippen molar-refractivity contribution in [2.24, 2.45) is 0 Å². The monoisotopic (exact) mass is 310 g/mol. The second kappa shape index (κ2) is 5.18. The average Bonchev–Trinajstić information content (AvgIpc) is 2.50. The zero-order valence-electron chi connectivity index (χ0n) is 11.1. The van der Waals surface area contributed by atoms with Crippen LogP contribution in [0.25, 0.3) is 0 Å². The van der Waals surface area contributed by atoms with E-state index in [1.54, 1.807) is 0 Å². The summed E-state index contributed by atoms with van der Waals surface area (Å²) in [6.07, 6.45) is 0. The highest BCUT2D eigenvalue weighted by molar-refractivity contribution is 5.41. The van der Waals surface area contributed by atoms with Crippen LogP contribution in [0.1, 0.15) is 5.56 Å². The molecular weight excluding hydrogens is 299 g/mol. The molecule has 0 saturated carbocycles. The molecule has 116 valence electrons. The fraction of sp³-hybridized carbons (Fsp3) is 0.385. The Morgan fingerprint density at radius 1 is 1.00 bits per heavy atom. The zero-order chi connectivity index (χ0) is 15.8. The largest absolute Gasteiger partial charge is 0.497 e. The molecule has 0 spiro atoms. The second-order valence-corrected chi connectivity index (χ2v) is 4.26. The molecule has 1 aliphatic rings. The highest BCUT2D eigenvalue weighted by Crippen LogP contribution is 2.56. The third-order valence-electron chi connectivity index (χ3n) is 3.08. The van der Waals surface area contributed by atoms with Crippen LogP contribution in [0.4, 0.5) is 22.0 Å². The Morgan fingerprint density at radius 3 is 2.19 bits per heavy atom. The summed E-state index contributed by atoms with van der Waals surface area (Å²) in [5.74, 6) is -12.9. The minimum absolute atomic E-state index is 0.172. The number of alkyl halides is 3. The summed E-state index contributed by atoms with van der Waals surface area (Å²) in [6.45, 7) is -0.736. The van der Waals surface area contributed by atoms with Gasteiger partial charge in [-0.2, -0.15) is 13.2 Å². The molecule has 1 aromatic rings. The number of hydrogen-bond acceptors (Lipinski definition) is 3. The van der Waals surface area contributed by atoms with Gasteiger partial charge in [0, 0.05) is 11.6 Å². The van der Waals surface area contributed by atoms with Gasteiger partial charge in [-0.1, -0.05) is 0 Å². The van der Waals surface area contributed by atoms with Crippen LogP contribution in [0.3, 0.4) is 0 Å². The van der Waals surface area contributed by atoms with Gasteiger partial charge >= 0.3 is 11.8 Å². The Balaban J connectivity index is 2.18. The normalized spacial score (nSPS) is 23.8. The molecule has 3 nitrogen and oxygen atoms in total. The third kappa shape index (κ3) is 2.23. The summed E-state index contributed by atoms with van der Waals surface area (Å²) in [6, 6.07) is 4.24. The first-order valence-corrected chi connectivity index (χ1v) is 5.75. The number of ether oxygens (including phenoxy) is 3. The SMILES string of the molecule is COc1ccc(COC2(F)C(F)=C(F)C2(F)F)c(OC)c1. The molecule has 0 amide bonds. The molecule has 2 rings (SSSR count). The predicted molar refractivity (Wildman–Crippen MR) is 62.4 cm³/mol. The van der Waals surface area contributed by atoms with Crippen molar-refractivity contribution in [3.63, 3.8) is 0 Å². The van der Waals surface area contributed by atoms with Gasteiger partial charge in [-0.05, 0) is 12.1 Å². The standard InChI is InChI=1S/C13H11F5O3/c1-19-8-4-3-7(9(5-8)20-2)6-21-13(18)11(15)10(14)12(13,16)17/h3-5H,6H2,1-2H3. The first-order valence-electron chi connectivity index (χ1n) is 5.75. The molecule has 0 aliphatic heterocycles. The molecule has 0 N–H and O–H groups in total. The maximum absolute atomic E-state index is 13.7. The van der Waals surface area contributed by atoms with Gasteiger partial charge < -0.3 is 14.2 Å². The van der Waals surface area contributed by atoms with E-state index in [1.165, 1.54) is 32.4 Å². The molecule has 0 radical (unpaired) electrons. The van der Waals surface area contributed by atoms with Gasteiger partial charge in [0.25, 0.3) is 0 Å². The van der Waals surface area contributed by atoms with E-state index in [-0.39, 0.29) is 11.3 Å². The lowest BCUT2D eigenvalue weighted by Crippen LogP contribution is -2.56. The van der Waals surface area contributed by atoms with Crippen molar-refractivity contribution in [2.75, 3.05) is 14.2 Å². The minimum atomic E-state index is -4.64. The fourth-order valence-corrected chi connectivity index (χ4v) is 1.80. The van der Waals surface area contributed by atoms with E-state index >= 15 is 0 Å². The number of benzene rings is 1. The van der Waals surface area contributed by atoms with E-state index in [0.717, 1.165) is 0 Å².